The van der Waals surface area contributed by atoms with Crippen molar-refractivity contribution in [2.75, 3.05) is 0 Å². The largest absolute Gasteiger partial charge is 0.0942 e. The first-order chi connectivity index (χ1) is 25.8. The summed E-state index contributed by atoms with van der Waals surface area (Å²) in [6.07, 6.45) is 0. The average molecular weight is 743 g/mol. The second-order valence-electron chi connectivity index (χ2n) is 18.1. The number of hydrogen-bond acceptors (Lipinski definition) is 0. The number of fused-ring (bicyclic) bond motifs is 4. The molecule has 0 bridgehead atoms. The van der Waals surface area contributed by atoms with Gasteiger partial charge in [0, 0.05) is 0 Å². The normalized spacial score (nSPS) is 13.1. The van der Waals surface area contributed by atoms with Gasteiger partial charge >= 0.3 is 0 Å². The monoisotopic (exact) mass is 742 g/mol. The van der Waals surface area contributed by atoms with Crippen LogP contribution in [0.1, 0.15) is 83.1 Å². The van der Waals surface area contributed by atoms with Gasteiger partial charge < -0.3 is 0 Å². The van der Waals surface area contributed by atoms with Gasteiger partial charge in [0.15, 0.2) is 0 Å². The lowest BCUT2D eigenvalue weighted by Crippen LogP contribution is -2.55. The van der Waals surface area contributed by atoms with Crippen molar-refractivity contribution in [3.05, 3.63) is 121 Å². The first kappa shape index (κ1) is 38.3. The quantitative estimate of drug-likeness (QED) is 0.0967. The molecule has 0 fully saturated rings. The van der Waals surface area contributed by atoms with Crippen molar-refractivity contribution in [1.29, 1.82) is 0 Å². The zero-order valence-electron chi connectivity index (χ0n) is 35.0. The molecule has 0 unspecified atom stereocenters. The van der Waals surface area contributed by atoms with Crippen LogP contribution in [0.15, 0.2) is 121 Å². The van der Waals surface area contributed by atoms with Gasteiger partial charge in [-0.25, -0.2) is 0 Å². The highest BCUT2D eigenvalue weighted by Gasteiger charge is 2.46. The summed E-state index contributed by atoms with van der Waals surface area (Å²) in [4.78, 5) is 0. The fourth-order valence-electron chi connectivity index (χ4n) is 12.2. The van der Waals surface area contributed by atoms with E-state index in [0.29, 0.717) is 33.2 Å². The summed E-state index contributed by atoms with van der Waals surface area (Å²) < 4.78 is 0. The van der Waals surface area contributed by atoms with Crippen molar-refractivity contribution in [2.24, 2.45) is 0 Å². The topological polar surface area (TPSA) is 0 Å². The zero-order chi connectivity index (χ0) is 38.7. The molecule has 0 aliphatic heterocycles. The van der Waals surface area contributed by atoms with Crippen LogP contribution in [0.5, 0.6) is 0 Å². The lowest BCUT2D eigenvalue weighted by molar-refractivity contribution is 0.835. The van der Waals surface area contributed by atoms with Crippen molar-refractivity contribution in [3.63, 3.8) is 0 Å². The van der Waals surface area contributed by atoms with E-state index in [9.17, 15) is 0 Å². The van der Waals surface area contributed by atoms with Gasteiger partial charge in [-0.3, -0.25) is 0 Å². The smallest absolute Gasteiger partial charge is 0.0648 e. The molecule has 0 spiro atoms. The molecule has 0 saturated heterocycles. The standard InChI is InChI=1S/C52H62Si2/c1-33(2)53(34(3)4,35(5)6)41-27-29-47-49(31-41)51(45-25-17-21-39-19-13-15-23-43(39)45)48-30-28-42(54(36(7)8,37(9)10)38(11)12)32-50(48)52(47)46-26-18-22-40-20-14-16-24-44(40)46/h13-38H,1-12H3. The minimum Gasteiger partial charge on any atom is -0.0648 e. The van der Waals surface area contributed by atoms with Crippen molar-refractivity contribution in [3.8, 4) is 22.3 Å². The highest BCUT2D eigenvalue weighted by atomic mass is 28.3. The third-order valence-electron chi connectivity index (χ3n) is 14.0. The molecular weight excluding hydrogens is 681 g/mol. The van der Waals surface area contributed by atoms with Crippen LogP contribution in [0.2, 0.25) is 33.2 Å². The molecule has 0 atom stereocenters. The molecule has 7 rings (SSSR count). The average Bonchev–Trinajstić information content (AvgIpc) is 3.13. The molecule has 0 radical (unpaired) electrons. The van der Waals surface area contributed by atoms with E-state index in [-0.39, 0.29) is 0 Å². The molecule has 278 valence electrons. The Labute approximate surface area is 328 Å². The van der Waals surface area contributed by atoms with Gasteiger partial charge in [-0.2, -0.15) is 0 Å². The molecule has 2 heteroatoms. The van der Waals surface area contributed by atoms with E-state index in [1.807, 2.05) is 0 Å². The Bertz CT molecular complexity index is 2250. The molecule has 0 saturated carbocycles. The van der Waals surface area contributed by atoms with Gasteiger partial charge in [-0.05, 0) is 98.6 Å². The maximum atomic E-state index is 2.69. The van der Waals surface area contributed by atoms with E-state index in [1.165, 1.54) is 65.3 Å². The third-order valence-corrected chi connectivity index (χ3v) is 28.1. The first-order valence-electron chi connectivity index (χ1n) is 20.8. The highest BCUT2D eigenvalue weighted by Crippen LogP contribution is 2.49. The SMILES string of the molecule is CC(C)[Si](c1ccc2c(-c3cccc4ccccc34)c3cc([Si](C(C)C)(C(C)C)C(C)C)ccc3c(-c3cccc4ccccc34)c2c1)(C(C)C)C(C)C. The first-order valence-corrected chi connectivity index (χ1v) is 25.2. The van der Waals surface area contributed by atoms with E-state index in [0.717, 1.165) is 0 Å². The van der Waals surface area contributed by atoms with Crippen LogP contribution >= 0.6 is 0 Å². The predicted octanol–water partition coefficient (Wildman–Crippen LogP) is 15.4. The van der Waals surface area contributed by atoms with Gasteiger partial charge in [0.2, 0.25) is 0 Å². The molecule has 7 aromatic rings. The minimum absolute atomic E-state index is 0.623. The van der Waals surface area contributed by atoms with Gasteiger partial charge in [-0.1, -0.05) is 215 Å². The summed E-state index contributed by atoms with van der Waals surface area (Å²) in [5.74, 6) is 0. The van der Waals surface area contributed by atoms with Crippen molar-refractivity contribution >= 4 is 69.6 Å². The molecule has 0 aliphatic rings. The Morgan fingerprint density at radius 1 is 0.296 bits per heavy atom. The molecule has 0 N–H and O–H groups in total. The van der Waals surface area contributed by atoms with Crippen LogP contribution in [-0.2, 0) is 0 Å². The van der Waals surface area contributed by atoms with Crippen molar-refractivity contribution < 1.29 is 0 Å². The van der Waals surface area contributed by atoms with Gasteiger partial charge in [0.25, 0.3) is 0 Å². The number of hydrogen-bond donors (Lipinski definition) is 0. The van der Waals surface area contributed by atoms with Crippen LogP contribution in [0.4, 0.5) is 0 Å². The van der Waals surface area contributed by atoms with E-state index >= 15 is 0 Å². The zero-order valence-corrected chi connectivity index (χ0v) is 37.0. The maximum absolute atomic E-state index is 2.69. The molecular formula is C52H62Si2. The summed E-state index contributed by atoms with van der Waals surface area (Å²) in [6, 6.07) is 47.5. The Balaban J connectivity index is 1.76. The molecule has 0 nitrogen and oxygen atoms in total. The van der Waals surface area contributed by atoms with E-state index in [1.54, 1.807) is 10.4 Å². The summed E-state index contributed by atoms with van der Waals surface area (Å²) in [6.45, 7) is 30.0. The number of benzene rings is 7. The third kappa shape index (κ3) is 5.74. The minimum atomic E-state index is -1.97. The fraction of sp³-hybridized carbons (Fsp3) is 0.346. The highest BCUT2D eigenvalue weighted by molar-refractivity contribution is 6.95. The lowest BCUT2D eigenvalue weighted by Gasteiger charge is -2.44. The van der Waals surface area contributed by atoms with Crippen molar-refractivity contribution in [2.45, 2.75) is 116 Å². The van der Waals surface area contributed by atoms with Crippen LogP contribution in [-0.4, -0.2) is 16.1 Å². The van der Waals surface area contributed by atoms with Crippen LogP contribution in [0, 0.1) is 0 Å². The van der Waals surface area contributed by atoms with Gasteiger partial charge in [0.05, 0.1) is 16.1 Å². The lowest BCUT2D eigenvalue weighted by atomic mass is 9.83. The number of rotatable bonds is 10. The summed E-state index contributed by atoms with van der Waals surface area (Å²) in [5, 5.41) is 14.0. The Hall–Kier alpha value is -3.99. The Kier molecular flexibility index (Phi) is 10.3. The van der Waals surface area contributed by atoms with Gasteiger partial charge in [0.1, 0.15) is 0 Å². The van der Waals surface area contributed by atoms with E-state index in [2.05, 4.69) is 204 Å². The van der Waals surface area contributed by atoms with Crippen LogP contribution < -0.4 is 10.4 Å². The molecule has 7 aromatic carbocycles. The maximum Gasteiger partial charge on any atom is 0.0942 e. The predicted molar refractivity (Wildman–Crippen MR) is 249 cm³/mol. The van der Waals surface area contributed by atoms with Gasteiger partial charge in [-0.15, -0.1) is 0 Å². The molecule has 0 amide bonds. The summed E-state index contributed by atoms with van der Waals surface area (Å²) >= 11 is 0. The molecule has 0 heterocycles. The van der Waals surface area contributed by atoms with Crippen LogP contribution in [0.25, 0.3) is 65.3 Å². The van der Waals surface area contributed by atoms with E-state index in [4.69, 9.17) is 0 Å². The van der Waals surface area contributed by atoms with E-state index < -0.39 is 16.1 Å². The summed E-state index contributed by atoms with van der Waals surface area (Å²) in [5.41, 5.74) is 9.19. The second-order valence-corrected chi connectivity index (χ2v) is 29.9. The fourth-order valence-corrected chi connectivity index (χ4v) is 25.8. The van der Waals surface area contributed by atoms with Crippen molar-refractivity contribution in [1.82, 2.24) is 0 Å². The molecule has 0 aromatic heterocycles. The Morgan fingerprint density at radius 2 is 0.611 bits per heavy atom. The molecule has 0 aliphatic carbocycles. The second kappa shape index (κ2) is 14.6. The Morgan fingerprint density at radius 3 is 0.944 bits per heavy atom. The van der Waals surface area contributed by atoms with Crippen LogP contribution in [0.3, 0.4) is 0 Å². The molecule has 54 heavy (non-hydrogen) atoms. The summed E-state index contributed by atoms with van der Waals surface area (Å²) in [7, 11) is -3.94.